The quantitative estimate of drug-likeness (QED) is 0.646. The Labute approximate surface area is 166 Å². The minimum absolute atomic E-state index is 0.0213. The first-order chi connectivity index (χ1) is 13.0. The van der Waals surface area contributed by atoms with Gasteiger partial charge in [-0.1, -0.05) is 18.9 Å². The first-order valence-corrected chi connectivity index (χ1v) is 10.6. The number of thiol groups is 1. The molecular weight excluding hydrogens is 361 g/mol. The van der Waals surface area contributed by atoms with E-state index in [0.29, 0.717) is 17.6 Å². The molecule has 4 rings (SSSR count). The number of carbonyl (C=O) groups is 1. The van der Waals surface area contributed by atoms with Crippen molar-refractivity contribution in [3.05, 3.63) is 28.6 Å². The van der Waals surface area contributed by atoms with E-state index >= 15 is 4.39 Å². The van der Waals surface area contributed by atoms with Gasteiger partial charge in [0.15, 0.2) is 5.82 Å². The average Bonchev–Trinajstić information content (AvgIpc) is 3.27. The Bertz CT molecular complexity index is 731. The molecular formula is C21H30FN3OS. The molecule has 1 aromatic rings. The standard InChI is InChI=1S/C21H30FN3OS/c1-14-10-16-4-8-25(9-7-21-5-2-15(11-21)3-6-21)13-17(16)19(22)20(14)23-12-18(26)24-27/h10,15,23,27H,2-9,11-13H2,1H3,(H,24,26). The van der Waals surface area contributed by atoms with E-state index in [1.807, 2.05) is 6.92 Å². The maximum absolute atomic E-state index is 15.2. The fourth-order valence-corrected chi connectivity index (χ4v) is 5.61. The molecule has 27 heavy (non-hydrogen) atoms. The molecule has 3 aliphatic rings. The van der Waals surface area contributed by atoms with Gasteiger partial charge in [0.2, 0.25) is 5.91 Å². The summed E-state index contributed by atoms with van der Waals surface area (Å²) >= 11 is 3.74. The summed E-state index contributed by atoms with van der Waals surface area (Å²) in [6.07, 6.45) is 9.23. The van der Waals surface area contributed by atoms with Gasteiger partial charge in [-0.15, -0.1) is 0 Å². The van der Waals surface area contributed by atoms with Gasteiger partial charge < -0.3 is 10.0 Å². The van der Waals surface area contributed by atoms with Crippen molar-refractivity contribution in [2.75, 3.05) is 25.0 Å². The zero-order valence-electron chi connectivity index (χ0n) is 16.1. The molecule has 0 spiro atoms. The molecule has 2 N–H and O–H groups in total. The third kappa shape index (κ3) is 3.83. The van der Waals surface area contributed by atoms with E-state index in [1.54, 1.807) is 0 Å². The van der Waals surface area contributed by atoms with E-state index in [-0.39, 0.29) is 18.3 Å². The molecule has 2 aliphatic carbocycles. The second kappa shape index (κ2) is 7.63. The Morgan fingerprint density at radius 3 is 2.85 bits per heavy atom. The van der Waals surface area contributed by atoms with Crippen molar-refractivity contribution in [2.45, 2.75) is 58.4 Å². The van der Waals surface area contributed by atoms with Crippen molar-refractivity contribution in [2.24, 2.45) is 11.3 Å². The van der Waals surface area contributed by atoms with Crippen molar-refractivity contribution in [3.8, 4) is 0 Å². The summed E-state index contributed by atoms with van der Waals surface area (Å²) in [6, 6.07) is 2.08. The topological polar surface area (TPSA) is 44.4 Å². The molecule has 1 heterocycles. The van der Waals surface area contributed by atoms with Crippen LogP contribution in [0.3, 0.4) is 0 Å². The van der Waals surface area contributed by atoms with Gasteiger partial charge >= 0.3 is 0 Å². The van der Waals surface area contributed by atoms with Crippen molar-refractivity contribution in [1.29, 1.82) is 0 Å². The number of benzene rings is 1. The third-order valence-corrected chi connectivity index (χ3v) is 7.38. The summed E-state index contributed by atoms with van der Waals surface area (Å²) in [5.74, 6) is 0.513. The van der Waals surface area contributed by atoms with Gasteiger partial charge in [-0.3, -0.25) is 9.69 Å². The fraction of sp³-hybridized carbons (Fsp3) is 0.667. The van der Waals surface area contributed by atoms with E-state index in [1.165, 1.54) is 38.5 Å². The van der Waals surface area contributed by atoms with Gasteiger partial charge in [0.1, 0.15) is 0 Å². The number of fused-ring (bicyclic) bond motifs is 3. The number of hydrogen-bond donors (Lipinski definition) is 3. The molecule has 0 atom stereocenters. The zero-order valence-corrected chi connectivity index (χ0v) is 17.0. The van der Waals surface area contributed by atoms with Crippen LogP contribution in [0.25, 0.3) is 0 Å². The lowest BCUT2D eigenvalue weighted by Crippen LogP contribution is -2.34. The summed E-state index contributed by atoms with van der Waals surface area (Å²) in [7, 11) is 0. The van der Waals surface area contributed by atoms with E-state index in [9.17, 15) is 4.79 Å². The molecule has 1 amide bonds. The van der Waals surface area contributed by atoms with E-state index < -0.39 is 0 Å². The number of hydrogen-bond acceptors (Lipinski definition) is 4. The Balaban J connectivity index is 1.44. The maximum atomic E-state index is 15.2. The molecule has 4 nitrogen and oxygen atoms in total. The smallest absolute Gasteiger partial charge is 0.248 e. The number of nitrogens with one attached hydrogen (secondary N) is 2. The van der Waals surface area contributed by atoms with Gasteiger partial charge in [-0.2, -0.15) is 0 Å². The van der Waals surface area contributed by atoms with Crippen LogP contribution in [0.15, 0.2) is 6.07 Å². The van der Waals surface area contributed by atoms with E-state index in [2.05, 4.69) is 33.8 Å². The summed E-state index contributed by atoms with van der Waals surface area (Å²) < 4.78 is 17.5. The summed E-state index contributed by atoms with van der Waals surface area (Å²) in [5, 5.41) is 2.94. The molecule has 0 unspecified atom stereocenters. The highest BCUT2D eigenvalue weighted by Crippen LogP contribution is 2.56. The molecule has 2 saturated carbocycles. The maximum Gasteiger partial charge on any atom is 0.248 e. The van der Waals surface area contributed by atoms with Crippen LogP contribution in [-0.4, -0.2) is 30.4 Å². The van der Waals surface area contributed by atoms with Crippen LogP contribution in [0, 0.1) is 24.1 Å². The Morgan fingerprint density at radius 1 is 1.41 bits per heavy atom. The minimum atomic E-state index is -0.276. The molecule has 148 valence electrons. The third-order valence-electron chi connectivity index (χ3n) is 7.13. The molecule has 1 aromatic carbocycles. The van der Waals surface area contributed by atoms with Crippen molar-refractivity contribution >= 4 is 24.4 Å². The van der Waals surface area contributed by atoms with Gasteiger partial charge in [-0.25, -0.2) is 4.39 Å². The Kier molecular flexibility index (Phi) is 5.39. The summed E-state index contributed by atoms with van der Waals surface area (Å²) in [6.45, 7) is 4.68. The predicted molar refractivity (Wildman–Crippen MR) is 109 cm³/mol. The number of aryl methyl sites for hydroxylation is 1. The number of carbonyl (C=O) groups excluding carboxylic acids is 1. The highest BCUT2D eigenvalue weighted by atomic mass is 32.1. The lowest BCUT2D eigenvalue weighted by atomic mass is 9.81. The lowest BCUT2D eigenvalue weighted by Gasteiger charge is -2.34. The van der Waals surface area contributed by atoms with Crippen LogP contribution in [-0.2, 0) is 17.8 Å². The zero-order chi connectivity index (χ0) is 19.0. The molecule has 6 heteroatoms. The normalized spacial score (nSPS) is 26.9. The van der Waals surface area contributed by atoms with Gasteiger partial charge in [-0.05, 0) is 80.9 Å². The van der Waals surface area contributed by atoms with Crippen LogP contribution in [0.2, 0.25) is 0 Å². The molecule has 2 bridgehead atoms. The molecule has 1 aliphatic heterocycles. The summed E-state index contributed by atoms with van der Waals surface area (Å²) in [4.78, 5) is 13.9. The van der Waals surface area contributed by atoms with Gasteiger partial charge in [0.25, 0.3) is 0 Å². The predicted octanol–water partition coefficient (Wildman–Crippen LogP) is 3.84. The van der Waals surface area contributed by atoms with Crippen LogP contribution < -0.4 is 10.0 Å². The van der Waals surface area contributed by atoms with Gasteiger partial charge in [0, 0.05) is 18.7 Å². The first-order valence-electron chi connectivity index (χ1n) is 10.2. The van der Waals surface area contributed by atoms with Crippen LogP contribution in [0.5, 0.6) is 0 Å². The fourth-order valence-electron chi connectivity index (χ4n) is 5.53. The van der Waals surface area contributed by atoms with Gasteiger partial charge in [0.05, 0.1) is 12.2 Å². The number of nitrogens with zero attached hydrogens (tertiary/aromatic N) is 1. The SMILES string of the molecule is Cc1cc2c(c(F)c1NCC(=O)NS)CN(CCC13CCC(CC1)C3)CC2. The molecule has 0 aromatic heterocycles. The highest BCUT2D eigenvalue weighted by Gasteiger charge is 2.44. The molecule has 2 fully saturated rings. The van der Waals surface area contributed by atoms with Crippen molar-refractivity contribution in [3.63, 3.8) is 0 Å². The highest BCUT2D eigenvalue weighted by molar-refractivity contribution is 7.78. The summed E-state index contributed by atoms with van der Waals surface area (Å²) in [5.41, 5.74) is 3.80. The number of rotatable bonds is 6. The Hall–Kier alpha value is -1.27. The second-order valence-corrected chi connectivity index (χ2v) is 9.06. The molecule has 0 saturated heterocycles. The van der Waals surface area contributed by atoms with Crippen LogP contribution in [0.1, 0.15) is 55.2 Å². The Morgan fingerprint density at radius 2 is 2.19 bits per heavy atom. The van der Waals surface area contributed by atoms with Crippen molar-refractivity contribution < 1.29 is 9.18 Å². The lowest BCUT2D eigenvalue weighted by molar-refractivity contribution is -0.117. The first kappa shape index (κ1) is 19.1. The molecule has 0 radical (unpaired) electrons. The second-order valence-electron chi connectivity index (χ2n) is 8.83. The van der Waals surface area contributed by atoms with Crippen LogP contribution >= 0.6 is 12.8 Å². The number of amides is 1. The van der Waals surface area contributed by atoms with Crippen molar-refractivity contribution in [1.82, 2.24) is 9.62 Å². The monoisotopic (exact) mass is 391 g/mol. The average molecular weight is 392 g/mol. The number of halogens is 1. The van der Waals surface area contributed by atoms with E-state index in [0.717, 1.165) is 42.1 Å². The van der Waals surface area contributed by atoms with E-state index in [4.69, 9.17) is 0 Å². The van der Waals surface area contributed by atoms with Crippen LogP contribution in [0.4, 0.5) is 10.1 Å². The largest absolute Gasteiger partial charge is 0.374 e. The minimum Gasteiger partial charge on any atom is -0.374 e. The number of anilines is 1.